The van der Waals surface area contributed by atoms with Gasteiger partial charge in [0.1, 0.15) is 4.90 Å². The summed E-state index contributed by atoms with van der Waals surface area (Å²) in [7, 11) is -3.72. The minimum absolute atomic E-state index is 0.0326. The molecular weight excluding hydrogens is 214 g/mol. The van der Waals surface area contributed by atoms with Gasteiger partial charge in [0, 0.05) is 0 Å². The Kier molecular flexibility index (Phi) is 2.02. The number of hydrogen-bond donors (Lipinski definition) is 0. The first-order chi connectivity index (χ1) is 7.09. The molecule has 1 aliphatic heterocycles. The summed E-state index contributed by atoms with van der Waals surface area (Å²) in [5, 5.41) is 0. The van der Waals surface area contributed by atoms with Crippen LogP contribution in [-0.4, -0.2) is 25.2 Å². The van der Waals surface area contributed by atoms with E-state index in [9.17, 15) is 13.2 Å². The highest BCUT2D eigenvalue weighted by Crippen LogP contribution is 2.29. The van der Waals surface area contributed by atoms with Crippen molar-refractivity contribution in [3.8, 4) is 12.3 Å². The summed E-state index contributed by atoms with van der Waals surface area (Å²) in [4.78, 5) is 11.7. The first-order valence-corrected chi connectivity index (χ1v) is 5.62. The van der Waals surface area contributed by atoms with Gasteiger partial charge in [-0.3, -0.25) is 4.79 Å². The number of rotatable bonds is 1. The van der Waals surface area contributed by atoms with Gasteiger partial charge < -0.3 is 0 Å². The first kappa shape index (κ1) is 9.74. The Labute approximate surface area is 87.6 Å². The van der Waals surface area contributed by atoms with Crippen LogP contribution in [0.2, 0.25) is 0 Å². The zero-order chi connectivity index (χ0) is 11.1. The zero-order valence-electron chi connectivity index (χ0n) is 7.67. The van der Waals surface area contributed by atoms with E-state index in [4.69, 9.17) is 6.42 Å². The number of benzene rings is 1. The largest absolute Gasteiger partial charge is 0.269 e. The van der Waals surface area contributed by atoms with E-state index in [0.717, 1.165) is 0 Å². The van der Waals surface area contributed by atoms with E-state index < -0.39 is 15.9 Å². The van der Waals surface area contributed by atoms with Gasteiger partial charge in [0.2, 0.25) is 0 Å². The Hall–Kier alpha value is -1.80. The molecule has 1 aromatic carbocycles. The van der Waals surface area contributed by atoms with Gasteiger partial charge in [-0.15, -0.1) is 6.42 Å². The number of fused-ring (bicyclic) bond motifs is 1. The molecule has 1 heterocycles. The van der Waals surface area contributed by atoms with Crippen molar-refractivity contribution in [2.75, 3.05) is 6.54 Å². The maximum Gasteiger partial charge on any atom is 0.269 e. The van der Waals surface area contributed by atoms with E-state index in [1.807, 2.05) is 0 Å². The third-order valence-corrected chi connectivity index (χ3v) is 3.93. The molecule has 0 fully saturated rings. The molecule has 0 N–H and O–H groups in total. The molecule has 15 heavy (non-hydrogen) atoms. The number of terminal acetylenes is 1. The molecule has 0 saturated heterocycles. The topological polar surface area (TPSA) is 54.5 Å². The van der Waals surface area contributed by atoms with Gasteiger partial charge in [-0.1, -0.05) is 18.1 Å². The summed E-state index contributed by atoms with van der Waals surface area (Å²) in [5.74, 6) is 1.60. The van der Waals surface area contributed by atoms with E-state index in [1.165, 1.54) is 12.1 Å². The van der Waals surface area contributed by atoms with E-state index in [2.05, 4.69) is 5.92 Å². The molecule has 4 nitrogen and oxygen atoms in total. The van der Waals surface area contributed by atoms with Crippen LogP contribution >= 0.6 is 0 Å². The lowest BCUT2D eigenvalue weighted by atomic mass is 10.2. The minimum atomic E-state index is -3.72. The predicted molar refractivity (Wildman–Crippen MR) is 53.5 cm³/mol. The molecule has 0 atom stereocenters. The number of sulfonamides is 1. The smallest absolute Gasteiger partial charge is 0.268 e. The van der Waals surface area contributed by atoms with Gasteiger partial charge in [0.25, 0.3) is 15.9 Å². The number of carbonyl (C=O) groups is 1. The van der Waals surface area contributed by atoms with Crippen LogP contribution in [-0.2, 0) is 10.0 Å². The molecule has 0 saturated carbocycles. The molecule has 0 bridgehead atoms. The summed E-state index contributed by atoms with van der Waals surface area (Å²) >= 11 is 0. The maximum absolute atomic E-state index is 11.8. The van der Waals surface area contributed by atoms with Crippen LogP contribution in [0.4, 0.5) is 0 Å². The van der Waals surface area contributed by atoms with E-state index >= 15 is 0 Å². The molecule has 1 aromatic rings. The van der Waals surface area contributed by atoms with Gasteiger partial charge >= 0.3 is 0 Å². The van der Waals surface area contributed by atoms with Crippen LogP contribution in [0, 0.1) is 12.3 Å². The van der Waals surface area contributed by atoms with Crippen LogP contribution in [0.5, 0.6) is 0 Å². The Balaban J connectivity index is 2.67. The normalized spacial score (nSPS) is 17.3. The van der Waals surface area contributed by atoms with Gasteiger partial charge in [-0.25, -0.2) is 12.7 Å². The predicted octanol–water partition coefficient (Wildman–Crippen LogP) is 0.464. The lowest BCUT2D eigenvalue weighted by Crippen LogP contribution is -2.30. The number of nitrogens with zero attached hydrogens (tertiary/aromatic N) is 1. The van der Waals surface area contributed by atoms with Crippen molar-refractivity contribution < 1.29 is 13.2 Å². The number of amides is 1. The van der Waals surface area contributed by atoms with Crippen molar-refractivity contribution in [1.29, 1.82) is 0 Å². The standard InChI is InChI=1S/C10H7NO3S/c1-2-7-11-10(12)8-5-3-4-6-9(8)15(11,13)14/h1,3-6H,7H2. The Bertz CT molecular complexity index is 569. The highest BCUT2D eigenvalue weighted by molar-refractivity contribution is 7.90. The molecule has 76 valence electrons. The monoisotopic (exact) mass is 221 g/mol. The second kappa shape index (κ2) is 3.11. The van der Waals surface area contributed by atoms with Crippen molar-refractivity contribution in [3.63, 3.8) is 0 Å². The number of carbonyl (C=O) groups excluding carboxylic acids is 1. The summed E-state index contributed by atoms with van der Waals surface area (Å²) in [6.45, 7) is -0.226. The minimum Gasteiger partial charge on any atom is -0.268 e. The lowest BCUT2D eigenvalue weighted by Gasteiger charge is -2.10. The van der Waals surface area contributed by atoms with Crippen LogP contribution in [0.25, 0.3) is 0 Å². The van der Waals surface area contributed by atoms with E-state index in [0.29, 0.717) is 4.31 Å². The Morgan fingerprint density at radius 2 is 2.00 bits per heavy atom. The SMILES string of the molecule is C#CCN1C(=O)c2ccccc2S1(=O)=O. The fourth-order valence-electron chi connectivity index (χ4n) is 1.47. The van der Waals surface area contributed by atoms with E-state index in [1.54, 1.807) is 12.1 Å². The molecular formula is C10H7NO3S. The molecule has 0 unspecified atom stereocenters. The highest BCUT2D eigenvalue weighted by atomic mass is 32.2. The van der Waals surface area contributed by atoms with Gasteiger partial charge in [0.15, 0.2) is 0 Å². The average molecular weight is 221 g/mol. The average Bonchev–Trinajstić information content (AvgIpc) is 2.41. The Morgan fingerprint density at radius 1 is 1.33 bits per heavy atom. The van der Waals surface area contributed by atoms with Crippen molar-refractivity contribution >= 4 is 15.9 Å². The van der Waals surface area contributed by atoms with Crippen molar-refractivity contribution in [1.82, 2.24) is 4.31 Å². The van der Waals surface area contributed by atoms with Crippen molar-refractivity contribution in [2.24, 2.45) is 0 Å². The molecule has 1 amide bonds. The third-order valence-electron chi connectivity index (χ3n) is 2.15. The molecule has 1 aliphatic rings. The number of hydrogen-bond acceptors (Lipinski definition) is 3. The zero-order valence-corrected chi connectivity index (χ0v) is 8.49. The van der Waals surface area contributed by atoms with Gasteiger partial charge in [0.05, 0.1) is 12.1 Å². The van der Waals surface area contributed by atoms with Crippen molar-refractivity contribution in [2.45, 2.75) is 4.90 Å². The summed E-state index contributed by atoms with van der Waals surface area (Å²) < 4.78 is 24.3. The summed E-state index contributed by atoms with van der Waals surface area (Å²) in [5.41, 5.74) is 0.188. The van der Waals surface area contributed by atoms with Crippen LogP contribution in [0.15, 0.2) is 29.2 Å². The highest BCUT2D eigenvalue weighted by Gasteiger charge is 2.40. The third kappa shape index (κ3) is 1.22. The Morgan fingerprint density at radius 3 is 2.60 bits per heavy atom. The van der Waals surface area contributed by atoms with Crippen LogP contribution in [0.1, 0.15) is 10.4 Å². The van der Waals surface area contributed by atoms with E-state index in [-0.39, 0.29) is 17.0 Å². The molecule has 0 radical (unpaired) electrons. The molecule has 2 rings (SSSR count). The fraction of sp³-hybridized carbons (Fsp3) is 0.100. The second-order valence-corrected chi connectivity index (χ2v) is 4.85. The molecule has 0 aromatic heterocycles. The maximum atomic E-state index is 11.8. The fourth-order valence-corrected chi connectivity index (χ4v) is 2.95. The van der Waals surface area contributed by atoms with Crippen LogP contribution < -0.4 is 0 Å². The molecule has 0 spiro atoms. The first-order valence-electron chi connectivity index (χ1n) is 4.18. The molecule has 0 aliphatic carbocycles. The lowest BCUT2D eigenvalue weighted by molar-refractivity contribution is 0.0882. The quantitative estimate of drug-likeness (QED) is 0.647. The van der Waals surface area contributed by atoms with Gasteiger partial charge in [-0.05, 0) is 12.1 Å². The van der Waals surface area contributed by atoms with Crippen LogP contribution in [0.3, 0.4) is 0 Å². The summed E-state index contributed by atoms with van der Waals surface area (Å²) in [6.07, 6.45) is 5.02. The molecule has 5 heteroatoms. The van der Waals surface area contributed by atoms with Gasteiger partial charge in [-0.2, -0.15) is 0 Å². The van der Waals surface area contributed by atoms with Crippen molar-refractivity contribution in [3.05, 3.63) is 29.8 Å². The summed E-state index contributed by atoms with van der Waals surface area (Å²) in [6, 6.07) is 6.07. The second-order valence-electron chi connectivity index (χ2n) is 3.02.